The third kappa shape index (κ3) is 1.71. The Kier molecular flexibility index (Phi) is 2.60. The monoisotopic (exact) mass is 230 g/mol. The zero-order valence-corrected chi connectivity index (χ0v) is 11.8. The van der Waals surface area contributed by atoms with Crippen molar-refractivity contribution in [3.05, 3.63) is 35.9 Å². The van der Waals surface area contributed by atoms with E-state index in [0.29, 0.717) is 0 Å². The van der Waals surface area contributed by atoms with E-state index in [1.54, 1.807) is 5.57 Å². The van der Waals surface area contributed by atoms with Gasteiger partial charge in [-0.1, -0.05) is 18.2 Å². The van der Waals surface area contributed by atoms with Gasteiger partial charge in [0.25, 0.3) is 0 Å². The van der Waals surface area contributed by atoms with Gasteiger partial charge < -0.3 is 4.74 Å². The molecule has 2 atom stereocenters. The molecule has 84 valence electrons. The van der Waals surface area contributed by atoms with Gasteiger partial charge in [-0.15, -0.1) is 0 Å². The van der Waals surface area contributed by atoms with Crippen LogP contribution in [0, 0.1) is 11.8 Å². The Balaban J connectivity index is 1.82. The van der Waals surface area contributed by atoms with Gasteiger partial charge in [0.15, 0.2) is 0 Å². The summed E-state index contributed by atoms with van der Waals surface area (Å²) < 4.78 is 5.53. The quantitative estimate of drug-likeness (QED) is 0.723. The summed E-state index contributed by atoms with van der Waals surface area (Å²) in [6.07, 6.45) is 7.59. The molecule has 1 saturated carbocycles. The molecule has 0 N–H and O–H groups in total. The van der Waals surface area contributed by atoms with Gasteiger partial charge in [0, 0.05) is 0 Å². The summed E-state index contributed by atoms with van der Waals surface area (Å²) in [6.45, 7) is 0. The molecular formula is C14H18OSi. The van der Waals surface area contributed by atoms with E-state index >= 15 is 0 Å². The normalized spacial score (nSPS) is 27.1. The van der Waals surface area contributed by atoms with Crippen LogP contribution in [0.4, 0.5) is 0 Å². The van der Waals surface area contributed by atoms with Gasteiger partial charge in [-0.25, -0.2) is 0 Å². The third-order valence-corrected chi connectivity index (χ3v) is 4.12. The summed E-state index contributed by atoms with van der Waals surface area (Å²) in [5.41, 5.74) is 3.00. The summed E-state index contributed by atoms with van der Waals surface area (Å²) in [5, 5.41) is 0. The predicted octanol–water partition coefficient (Wildman–Crippen LogP) is 2.20. The smallest absolute Gasteiger partial charge is 0.118 e. The molecule has 16 heavy (non-hydrogen) atoms. The standard InChI is InChI=1S/C14H18OSi/c16-9-15-13-5-3-11(4-6-13)14-8-10-1-2-12(14)7-10/h3-6,8,10,12H,1-2,7,9H2,16H3. The summed E-state index contributed by atoms with van der Waals surface area (Å²) in [4.78, 5) is 0. The van der Waals surface area contributed by atoms with Gasteiger partial charge in [-0.2, -0.15) is 0 Å². The van der Waals surface area contributed by atoms with Crippen molar-refractivity contribution < 1.29 is 4.74 Å². The number of ether oxygens (including phenoxy) is 1. The van der Waals surface area contributed by atoms with E-state index in [9.17, 15) is 0 Å². The molecule has 2 bridgehead atoms. The van der Waals surface area contributed by atoms with Gasteiger partial charge in [0.05, 0.1) is 16.5 Å². The first-order valence-electron chi connectivity index (χ1n) is 6.31. The molecule has 0 aliphatic heterocycles. The Morgan fingerprint density at radius 3 is 2.56 bits per heavy atom. The lowest BCUT2D eigenvalue weighted by molar-refractivity contribution is 0.387. The Morgan fingerprint density at radius 1 is 1.19 bits per heavy atom. The van der Waals surface area contributed by atoms with Crippen LogP contribution in [0.15, 0.2) is 30.3 Å². The molecule has 1 aromatic carbocycles. The highest BCUT2D eigenvalue weighted by Crippen LogP contribution is 2.47. The first-order chi connectivity index (χ1) is 7.86. The van der Waals surface area contributed by atoms with E-state index < -0.39 is 0 Å². The van der Waals surface area contributed by atoms with Gasteiger partial charge in [0.2, 0.25) is 0 Å². The van der Waals surface area contributed by atoms with Crippen LogP contribution in [0.1, 0.15) is 24.8 Å². The average Bonchev–Trinajstić information content (AvgIpc) is 2.92. The van der Waals surface area contributed by atoms with Gasteiger partial charge >= 0.3 is 0 Å². The minimum Gasteiger partial charge on any atom is -0.498 e. The molecule has 2 aliphatic rings. The molecular weight excluding hydrogens is 212 g/mol. The second-order valence-electron chi connectivity index (χ2n) is 4.85. The van der Waals surface area contributed by atoms with Gasteiger partial charge in [0.1, 0.15) is 5.75 Å². The molecule has 0 amide bonds. The van der Waals surface area contributed by atoms with E-state index in [-0.39, 0.29) is 0 Å². The molecule has 2 heteroatoms. The molecule has 0 spiro atoms. The molecule has 0 saturated heterocycles. The second-order valence-corrected chi connectivity index (χ2v) is 5.43. The largest absolute Gasteiger partial charge is 0.498 e. The van der Waals surface area contributed by atoms with E-state index in [2.05, 4.69) is 30.3 Å². The fourth-order valence-electron chi connectivity index (χ4n) is 3.08. The molecule has 0 aromatic heterocycles. The zero-order chi connectivity index (χ0) is 11.0. The van der Waals surface area contributed by atoms with Crippen LogP contribution in [0.25, 0.3) is 5.57 Å². The van der Waals surface area contributed by atoms with Crippen LogP contribution in [-0.2, 0) is 0 Å². The summed E-state index contributed by atoms with van der Waals surface area (Å²) in [5.74, 6) is 2.73. The first kappa shape index (κ1) is 10.2. The van der Waals surface area contributed by atoms with Crippen molar-refractivity contribution in [3.8, 4) is 5.75 Å². The van der Waals surface area contributed by atoms with E-state index in [1.165, 1.54) is 24.8 Å². The van der Waals surface area contributed by atoms with Gasteiger partial charge in [-0.05, 0) is 54.4 Å². The van der Waals surface area contributed by atoms with Crippen LogP contribution < -0.4 is 4.74 Å². The Bertz CT molecular complexity index is 407. The highest BCUT2D eigenvalue weighted by Gasteiger charge is 2.32. The third-order valence-electron chi connectivity index (χ3n) is 3.83. The molecule has 2 aliphatic carbocycles. The minimum atomic E-state index is 0.843. The van der Waals surface area contributed by atoms with Crippen molar-refractivity contribution >= 4 is 15.8 Å². The topological polar surface area (TPSA) is 9.23 Å². The minimum absolute atomic E-state index is 0.843. The molecule has 1 fully saturated rings. The van der Waals surface area contributed by atoms with E-state index in [4.69, 9.17) is 4.74 Å². The summed E-state index contributed by atoms with van der Waals surface area (Å²) in [6, 6.07) is 8.66. The van der Waals surface area contributed by atoms with Crippen molar-refractivity contribution in [1.82, 2.24) is 0 Å². The maximum Gasteiger partial charge on any atom is 0.118 e. The van der Waals surface area contributed by atoms with Crippen molar-refractivity contribution in [2.24, 2.45) is 11.8 Å². The molecule has 2 unspecified atom stereocenters. The highest BCUT2D eigenvalue weighted by molar-refractivity contribution is 6.08. The Labute approximate surface area is 99.9 Å². The predicted molar refractivity (Wildman–Crippen MR) is 70.7 cm³/mol. The van der Waals surface area contributed by atoms with Gasteiger partial charge in [-0.3, -0.25) is 0 Å². The Morgan fingerprint density at radius 2 is 2.00 bits per heavy atom. The van der Waals surface area contributed by atoms with Crippen molar-refractivity contribution in [2.75, 3.05) is 6.23 Å². The van der Waals surface area contributed by atoms with Crippen molar-refractivity contribution in [3.63, 3.8) is 0 Å². The average molecular weight is 230 g/mol. The highest BCUT2D eigenvalue weighted by atomic mass is 28.1. The van der Waals surface area contributed by atoms with Crippen molar-refractivity contribution in [2.45, 2.75) is 19.3 Å². The SMILES string of the molecule is [SiH3]COc1ccc(C2=CC3CCC2C3)cc1. The van der Waals surface area contributed by atoms with Crippen molar-refractivity contribution in [1.29, 1.82) is 0 Å². The molecule has 0 heterocycles. The van der Waals surface area contributed by atoms with Crippen LogP contribution in [-0.4, -0.2) is 16.5 Å². The molecule has 1 nitrogen and oxygen atoms in total. The van der Waals surface area contributed by atoms with Crippen LogP contribution >= 0.6 is 0 Å². The first-order valence-corrected chi connectivity index (χ1v) is 7.73. The number of allylic oxidation sites excluding steroid dienone is 2. The van der Waals surface area contributed by atoms with E-state index in [1.807, 2.05) is 0 Å². The zero-order valence-electron chi connectivity index (χ0n) is 9.78. The number of hydrogen-bond donors (Lipinski definition) is 0. The molecule has 3 rings (SSSR count). The summed E-state index contributed by atoms with van der Waals surface area (Å²) >= 11 is 0. The lowest BCUT2D eigenvalue weighted by Crippen LogP contribution is -1.98. The number of benzene rings is 1. The number of fused-ring (bicyclic) bond motifs is 2. The van der Waals surface area contributed by atoms with Crippen LogP contribution in [0.2, 0.25) is 0 Å². The number of rotatable bonds is 3. The lowest BCUT2D eigenvalue weighted by Gasteiger charge is -2.14. The van der Waals surface area contributed by atoms with E-state index in [0.717, 1.165) is 34.1 Å². The molecule has 0 radical (unpaired) electrons. The lowest BCUT2D eigenvalue weighted by atomic mass is 9.92. The van der Waals surface area contributed by atoms with Crippen LogP contribution in [0.5, 0.6) is 5.75 Å². The fraction of sp³-hybridized carbons (Fsp3) is 0.429. The maximum atomic E-state index is 5.53. The summed E-state index contributed by atoms with van der Waals surface area (Å²) in [7, 11) is 1.10. The fourth-order valence-corrected chi connectivity index (χ4v) is 3.42. The second kappa shape index (κ2) is 4.09. The maximum absolute atomic E-state index is 5.53. The Hall–Kier alpha value is -1.02. The van der Waals surface area contributed by atoms with Crippen LogP contribution in [0.3, 0.4) is 0 Å². The number of hydrogen-bond acceptors (Lipinski definition) is 1. The molecule has 1 aromatic rings.